The van der Waals surface area contributed by atoms with Crippen molar-refractivity contribution in [3.05, 3.63) is 70.5 Å². The summed E-state index contributed by atoms with van der Waals surface area (Å²) in [5.74, 6) is -0.650. The second-order valence-corrected chi connectivity index (χ2v) is 5.83. The number of rotatable bonds is 1. The van der Waals surface area contributed by atoms with Crippen LogP contribution in [0.15, 0.2) is 59.3 Å². The van der Waals surface area contributed by atoms with Crippen LogP contribution >= 0.6 is 15.9 Å². The molecule has 1 aromatic heterocycles. The Morgan fingerprint density at radius 3 is 2.41 bits per heavy atom. The van der Waals surface area contributed by atoms with Crippen LogP contribution in [0.25, 0.3) is 10.8 Å². The van der Waals surface area contributed by atoms with Gasteiger partial charge in [-0.3, -0.25) is 14.6 Å². The van der Waals surface area contributed by atoms with Crippen molar-refractivity contribution >= 4 is 44.2 Å². The monoisotopic (exact) mass is 352 g/mol. The molecular weight excluding hydrogens is 344 g/mol. The van der Waals surface area contributed by atoms with E-state index in [4.69, 9.17) is 0 Å². The highest BCUT2D eigenvalue weighted by Gasteiger charge is 2.34. The first-order valence-electron chi connectivity index (χ1n) is 6.68. The number of nitrogens with zero attached hydrogens (tertiary/aromatic N) is 2. The Balaban J connectivity index is 2.03. The van der Waals surface area contributed by atoms with Gasteiger partial charge in [-0.15, -0.1) is 0 Å². The minimum Gasteiger partial charge on any atom is -0.268 e. The van der Waals surface area contributed by atoms with Gasteiger partial charge in [-0.25, -0.2) is 4.90 Å². The molecule has 0 saturated heterocycles. The molecule has 2 heterocycles. The van der Waals surface area contributed by atoms with Crippen LogP contribution in [0.4, 0.5) is 5.69 Å². The van der Waals surface area contributed by atoms with Gasteiger partial charge < -0.3 is 0 Å². The maximum absolute atomic E-state index is 12.8. The van der Waals surface area contributed by atoms with E-state index < -0.39 is 0 Å². The molecule has 1 aliphatic rings. The third-order valence-electron chi connectivity index (χ3n) is 3.76. The lowest BCUT2D eigenvalue weighted by Crippen LogP contribution is -2.40. The lowest BCUT2D eigenvalue weighted by atomic mass is 9.94. The van der Waals surface area contributed by atoms with Gasteiger partial charge in [0.05, 0.1) is 11.9 Å². The van der Waals surface area contributed by atoms with Gasteiger partial charge in [0.1, 0.15) is 0 Å². The van der Waals surface area contributed by atoms with E-state index in [1.807, 2.05) is 18.2 Å². The molecule has 4 rings (SSSR count). The molecular formula is C17H9BrN2O2. The Morgan fingerprint density at radius 1 is 0.909 bits per heavy atom. The van der Waals surface area contributed by atoms with Crippen molar-refractivity contribution in [1.29, 1.82) is 0 Å². The van der Waals surface area contributed by atoms with E-state index in [1.165, 1.54) is 11.1 Å². The SMILES string of the molecule is O=C1c2cccc3c(Br)ccc(c23)C(=O)N1c1cccnc1. The first-order valence-corrected chi connectivity index (χ1v) is 7.48. The molecule has 0 fully saturated rings. The van der Waals surface area contributed by atoms with Crippen molar-refractivity contribution in [3.8, 4) is 0 Å². The Kier molecular flexibility index (Phi) is 2.84. The van der Waals surface area contributed by atoms with E-state index in [0.717, 1.165) is 9.86 Å². The Morgan fingerprint density at radius 2 is 1.68 bits per heavy atom. The van der Waals surface area contributed by atoms with Gasteiger partial charge in [0.25, 0.3) is 11.8 Å². The highest BCUT2D eigenvalue weighted by atomic mass is 79.9. The zero-order valence-corrected chi connectivity index (χ0v) is 12.9. The maximum atomic E-state index is 12.8. The van der Waals surface area contributed by atoms with E-state index in [1.54, 1.807) is 30.5 Å². The van der Waals surface area contributed by atoms with Crippen LogP contribution < -0.4 is 4.90 Å². The fraction of sp³-hybridized carbons (Fsp3) is 0. The zero-order valence-electron chi connectivity index (χ0n) is 11.3. The third kappa shape index (κ3) is 1.72. The number of amides is 2. The zero-order chi connectivity index (χ0) is 15.3. The number of hydrogen-bond acceptors (Lipinski definition) is 3. The van der Waals surface area contributed by atoms with Gasteiger partial charge in [0.2, 0.25) is 0 Å². The molecule has 0 N–H and O–H groups in total. The quantitative estimate of drug-likeness (QED) is 0.626. The molecule has 2 aromatic carbocycles. The highest BCUT2D eigenvalue weighted by molar-refractivity contribution is 9.10. The number of carbonyl (C=O) groups excluding carboxylic acids is 2. The summed E-state index contributed by atoms with van der Waals surface area (Å²) in [6, 6.07) is 12.4. The summed E-state index contributed by atoms with van der Waals surface area (Å²) in [6.45, 7) is 0. The summed E-state index contributed by atoms with van der Waals surface area (Å²) in [5, 5.41) is 1.56. The maximum Gasteiger partial charge on any atom is 0.266 e. The largest absolute Gasteiger partial charge is 0.268 e. The summed E-state index contributed by atoms with van der Waals surface area (Å²) >= 11 is 3.47. The fourth-order valence-corrected chi connectivity index (χ4v) is 3.24. The number of carbonyl (C=O) groups is 2. The number of hydrogen-bond donors (Lipinski definition) is 0. The molecule has 2 amide bonds. The van der Waals surface area contributed by atoms with Crippen molar-refractivity contribution in [2.24, 2.45) is 0 Å². The van der Waals surface area contributed by atoms with E-state index in [9.17, 15) is 9.59 Å². The average Bonchev–Trinajstić information content (AvgIpc) is 2.55. The molecule has 0 radical (unpaired) electrons. The summed E-state index contributed by atoms with van der Waals surface area (Å²) < 4.78 is 0.864. The van der Waals surface area contributed by atoms with Crippen LogP contribution in [0.2, 0.25) is 0 Å². The number of benzene rings is 2. The molecule has 0 bridgehead atoms. The van der Waals surface area contributed by atoms with Crippen molar-refractivity contribution < 1.29 is 9.59 Å². The van der Waals surface area contributed by atoms with Crippen LogP contribution in [0.1, 0.15) is 20.7 Å². The van der Waals surface area contributed by atoms with E-state index >= 15 is 0 Å². The highest BCUT2D eigenvalue weighted by Crippen LogP contribution is 2.35. The van der Waals surface area contributed by atoms with Crippen LogP contribution in [-0.2, 0) is 0 Å². The molecule has 3 aromatic rings. The second kappa shape index (κ2) is 4.74. The average molecular weight is 353 g/mol. The minimum absolute atomic E-state index is 0.325. The normalized spacial score (nSPS) is 13.8. The molecule has 0 unspecified atom stereocenters. The predicted octanol–water partition coefficient (Wildman–Crippen LogP) is 3.80. The molecule has 1 aliphatic heterocycles. The lowest BCUT2D eigenvalue weighted by molar-refractivity contribution is 0.0893. The number of aromatic nitrogens is 1. The molecule has 0 aliphatic carbocycles. The molecule has 4 nitrogen and oxygen atoms in total. The molecule has 5 heteroatoms. The van der Waals surface area contributed by atoms with E-state index in [-0.39, 0.29) is 11.8 Å². The summed E-state index contributed by atoms with van der Waals surface area (Å²) in [5.41, 5.74) is 1.53. The topological polar surface area (TPSA) is 50.3 Å². The Bertz CT molecular complexity index is 916. The van der Waals surface area contributed by atoms with Crippen LogP contribution in [0.5, 0.6) is 0 Å². The lowest BCUT2D eigenvalue weighted by Gasteiger charge is -2.27. The standard InChI is InChI=1S/C17H9BrN2O2/c18-14-7-6-13-15-11(14)4-1-5-12(15)16(21)20(17(13)22)10-3-2-8-19-9-10/h1-9H. The molecule has 22 heavy (non-hydrogen) atoms. The van der Waals surface area contributed by atoms with Crippen molar-refractivity contribution in [3.63, 3.8) is 0 Å². The number of halogens is 1. The van der Waals surface area contributed by atoms with Gasteiger partial charge in [-0.05, 0) is 35.7 Å². The molecule has 0 atom stereocenters. The predicted molar refractivity (Wildman–Crippen MR) is 87.0 cm³/mol. The van der Waals surface area contributed by atoms with Gasteiger partial charge in [0.15, 0.2) is 0 Å². The van der Waals surface area contributed by atoms with Gasteiger partial charge >= 0.3 is 0 Å². The van der Waals surface area contributed by atoms with Crippen LogP contribution in [0, 0.1) is 0 Å². The fourth-order valence-electron chi connectivity index (χ4n) is 2.78. The van der Waals surface area contributed by atoms with E-state index in [0.29, 0.717) is 22.2 Å². The van der Waals surface area contributed by atoms with Gasteiger partial charge in [-0.2, -0.15) is 0 Å². The summed E-state index contributed by atoms with van der Waals surface area (Å²) in [7, 11) is 0. The Hall–Kier alpha value is -2.53. The molecule has 0 spiro atoms. The molecule has 0 saturated carbocycles. The van der Waals surface area contributed by atoms with Crippen molar-refractivity contribution in [2.75, 3.05) is 4.90 Å². The van der Waals surface area contributed by atoms with Gasteiger partial charge in [0, 0.05) is 27.2 Å². The summed E-state index contributed by atoms with van der Waals surface area (Å²) in [6.07, 6.45) is 3.12. The van der Waals surface area contributed by atoms with Crippen molar-refractivity contribution in [1.82, 2.24) is 4.98 Å². The first-order chi connectivity index (χ1) is 10.7. The van der Waals surface area contributed by atoms with Crippen LogP contribution in [0.3, 0.4) is 0 Å². The van der Waals surface area contributed by atoms with E-state index in [2.05, 4.69) is 20.9 Å². The Labute approximate surface area is 134 Å². The van der Waals surface area contributed by atoms with Gasteiger partial charge in [-0.1, -0.05) is 28.1 Å². The second-order valence-electron chi connectivity index (χ2n) is 4.98. The number of anilines is 1. The first kappa shape index (κ1) is 13.2. The smallest absolute Gasteiger partial charge is 0.266 e. The number of imide groups is 1. The summed E-state index contributed by atoms with van der Waals surface area (Å²) in [4.78, 5) is 30.7. The number of pyridine rings is 1. The minimum atomic E-state index is -0.325. The molecule has 106 valence electrons. The van der Waals surface area contributed by atoms with Crippen molar-refractivity contribution in [2.45, 2.75) is 0 Å². The van der Waals surface area contributed by atoms with Crippen LogP contribution in [-0.4, -0.2) is 16.8 Å². The third-order valence-corrected chi connectivity index (χ3v) is 4.45.